The molecule has 0 saturated carbocycles. The standard InChI is InChI=1S/C19H24FN3OS/c1-14-7-9-23(10-8-14)12-17-13-25-19(21-17)22-18(24)6-5-15-3-2-4-16(20)11-15/h2-4,11,13-14H,5-10,12H2,1H3,(H,21,22,24). The Hall–Kier alpha value is -1.79. The number of benzene rings is 1. The van der Waals surface area contributed by atoms with Crippen LogP contribution in [-0.4, -0.2) is 28.9 Å². The number of nitrogens with zero attached hydrogens (tertiary/aromatic N) is 2. The van der Waals surface area contributed by atoms with Gasteiger partial charge in [-0.3, -0.25) is 9.69 Å². The molecule has 2 aromatic rings. The molecule has 1 fully saturated rings. The number of carbonyl (C=O) groups excluding carboxylic acids is 1. The smallest absolute Gasteiger partial charge is 0.226 e. The van der Waals surface area contributed by atoms with Gasteiger partial charge in [0.05, 0.1) is 5.69 Å². The molecule has 0 spiro atoms. The predicted molar refractivity (Wildman–Crippen MR) is 99.1 cm³/mol. The van der Waals surface area contributed by atoms with Gasteiger partial charge >= 0.3 is 0 Å². The number of hydrogen-bond donors (Lipinski definition) is 1. The monoisotopic (exact) mass is 361 g/mol. The Morgan fingerprint density at radius 3 is 2.96 bits per heavy atom. The van der Waals surface area contributed by atoms with Crippen LogP contribution < -0.4 is 5.32 Å². The van der Waals surface area contributed by atoms with Gasteiger partial charge in [0.1, 0.15) is 5.82 Å². The van der Waals surface area contributed by atoms with Crippen molar-refractivity contribution in [3.63, 3.8) is 0 Å². The molecule has 2 heterocycles. The molecule has 1 aromatic heterocycles. The molecule has 1 aliphatic heterocycles. The molecule has 1 saturated heterocycles. The quantitative estimate of drug-likeness (QED) is 0.843. The van der Waals surface area contributed by atoms with Crippen LogP contribution in [0.1, 0.15) is 37.4 Å². The van der Waals surface area contributed by atoms with Crippen LogP contribution in [0.25, 0.3) is 0 Å². The molecule has 1 amide bonds. The van der Waals surface area contributed by atoms with Crippen molar-refractivity contribution in [2.75, 3.05) is 18.4 Å². The number of aromatic nitrogens is 1. The first-order valence-electron chi connectivity index (χ1n) is 8.79. The number of thiazole rings is 1. The first-order valence-corrected chi connectivity index (χ1v) is 9.67. The highest BCUT2D eigenvalue weighted by atomic mass is 32.1. The highest BCUT2D eigenvalue weighted by Gasteiger charge is 2.17. The third-order valence-corrected chi connectivity index (χ3v) is 5.40. The van der Waals surface area contributed by atoms with Crippen molar-refractivity contribution in [1.82, 2.24) is 9.88 Å². The number of nitrogens with one attached hydrogen (secondary N) is 1. The highest BCUT2D eigenvalue weighted by Crippen LogP contribution is 2.21. The van der Waals surface area contributed by atoms with Crippen molar-refractivity contribution in [1.29, 1.82) is 0 Å². The van der Waals surface area contributed by atoms with Gasteiger partial charge in [-0.05, 0) is 56.0 Å². The van der Waals surface area contributed by atoms with E-state index in [2.05, 4.69) is 22.1 Å². The van der Waals surface area contributed by atoms with Gasteiger partial charge in [0, 0.05) is 18.3 Å². The molecule has 1 aliphatic rings. The van der Waals surface area contributed by atoms with Crippen molar-refractivity contribution in [3.8, 4) is 0 Å². The van der Waals surface area contributed by atoms with E-state index in [1.807, 2.05) is 11.4 Å². The molecule has 3 rings (SSSR count). The first-order chi connectivity index (χ1) is 12.1. The van der Waals surface area contributed by atoms with E-state index in [1.54, 1.807) is 6.07 Å². The normalized spacial score (nSPS) is 16.1. The molecular formula is C19H24FN3OS. The number of piperidine rings is 1. The van der Waals surface area contributed by atoms with Gasteiger partial charge < -0.3 is 5.32 Å². The predicted octanol–water partition coefficient (Wildman–Crippen LogP) is 4.09. The lowest BCUT2D eigenvalue weighted by atomic mass is 9.99. The fourth-order valence-corrected chi connectivity index (χ4v) is 3.74. The van der Waals surface area contributed by atoms with E-state index in [-0.39, 0.29) is 11.7 Å². The zero-order chi connectivity index (χ0) is 17.6. The number of anilines is 1. The molecule has 0 unspecified atom stereocenters. The van der Waals surface area contributed by atoms with Crippen LogP contribution >= 0.6 is 11.3 Å². The maximum absolute atomic E-state index is 13.1. The van der Waals surface area contributed by atoms with Crippen molar-refractivity contribution in [3.05, 3.63) is 46.7 Å². The summed E-state index contributed by atoms with van der Waals surface area (Å²) in [4.78, 5) is 19.0. The minimum atomic E-state index is -0.269. The summed E-state index contributed by atoms with van der Waals surface area (Å²) in [6.45, 7) is 5.39. The molecule has 0 bridgehead atoms. The third-order valence-electron chi connectivity index (χ3n) is 4.59. The minimum absolute atomic E-state index is 0.0861. The summed E-state index contributed by atoms with van der Waals surface area (Å²) in [5, 5.41) is 5.50. The Morgan fingerprint density at radius 2 is 2.20 bits per heavy atom. The minimum Gasteiger partial charge on any atom is -0.302 e. The van der Waals surface area contributed by atoms with E-state index >= 15 is 0 Å². The van der Waals surface area contributed by atoms with Gasteiger partial charge in [0.15, 0.2) is 5.13 Å². The van der Waals surface area contributed by atoms with Gasteiger partial charge in [-0.15, -0.1) is 11.3 Å². The maximum atomic E-state index is 13.1. The molecule has 1 aromatic carbocycles. The van der Waals surface area contributed by atoms with Crippen LogP contribution in [0.15, 0.2) is 29.6 Å². The Labute approximate surface area is 152 Å². The molecule has 134 valence electrons. The van der Waals surface area contributed by atoms with Gasteiger partial charge in [0.2, 0.25) is 5.91 Å². The zero-order valence-corrected chi connectivity index (χ0v) is 15.3. The van der Waals surface area contributed by atoms with Crippen LogP contribution in [0.5, 0.6) is 0 Å². The van der Waals surface area contributed by atoms with Crippen molar-refractivity contribution in [2.45, 2.75) is 39.2 Å². The number of halogens is 1. The molecule has 0 radical (unpaired) electrons. The van der Waals surface area contributed by atoms with Crippen molar-refractivity contribution < 1.29 is 9.18 Å². The van der Waals surface area contributed by atoms with Crippen molar-refractivity contribution in [2.24, 2.45) is 5.92 Å². The summed E-state index contributed by atoms with van der Waals surface area (Å²) >= 11 is 1.46. The van der Waals surface area contributed by atoms with Crippen LogP contribution in [0, 0.1) is 11.7 Å². The summed E-state index contributed by atoms with van der Waals surface area (Å²) in [6, 6.07) is 6.37. The van der Waals surface area contributed by atoms with Crippen LogP contribution in [0.2, 0.25) is 0 Å². The Bertz CT molecular complexity index is 710. The lowest BCUT2D eigenvalue weighted by Crippen LogP contribution is -2.32. The molecule has 1 N–H and O–H groups in total. The number of carbonyl (C=O) groups is 1. The van der Waals surface area contributed by atoms with E-state index in [4.69, 9.17) is 0 Å². The summed E-state index contributed by atoms with van der Waals surface area (Å²) in [7, 11) is 0. The van der Waals surface area contributed by atoms with E-state index in [0.717, 1.165) is 36.8 Å². The van der Waals surface area contributed by atoms with Crippen molar-refractivity contribution >= 4 is 22.4 Å². The average Bonchev–Trinajstić information content (AvgIpc) is 3.02. The summed E-state index contributed by atoms with van der Waals surface area (Å²) in [5.74, 6) is 0.464. The van der Waals surface area contributed by atoms with E-state index < -0.39 is 0 Å². The lowest BCUT2D eigenvalue weighted by molar-refractivity contribution is -0.116. The maximum Gasteiger partial charge on any atom is 0.226 e. The van der Waals surface area contributed by atoms with Crippen LogP contribution in [0.3, 0.4) is 0 Å². The molecule has 0 atom stereocenters. The SMILES string of the molecule is CC1CCN(Cc2csc(NC(=O)CCc3cccc(F)c3)n2)CC1. The van der Waals surface area contributed by atoms with E-state index in [9.17, 15) is 9.18 Å². The number of rotatable bonds is 6. The third kappa shape index (κ3) is 5.61. The number of amides is 1. The molecule has 6 heteroatoms. The Morgan fingerprint density at radius 1 is 1.40 bits per heavy atom. The molecule has 25 heavy (non-hydrogen) atoms. The topological polar surface area (TPSA) is 45.2 Å². The summed E-state index contributed by atoms with van der Waals surface area (Å²) in [6.07, 6.45) is 3.33. The average molecular weight is 361 g/mol. The van der Waals surface area contributed by atoms with E-state index in [0.29, 0.717) is 18.0 Å². The fraction of sp³-hybridized carbons (Fsp3) is 0.474. The summed E-state index contributed by atoms with van der Waals surface area (Å²) < 4.78 is 13.1. The van der Waals surface area contributed by atoms with E-state index in [1.165, 1.54) is 36.3 Å². The Balaban J connectivity index is 1.45. The van der Waals surface area contributed by atoms with Crippen LogP contribution in [0.4, 0.5) is 9.52 Å². The number of aryl methyl sites for hydroxylation is 1. The second kappa shape index (κ2) is 8.54. The Kier molecular flexibility index (Phi) is 6.15. The second-order valence-corrected chi connectivity index (χ2v) is 7.64. The van der Waals surface area contributed by atoms with Crippen LogP contribution in [-0.2, 0) is 17.8 Å². The molecule has 0 aliphatic carbocycles. The second-order valence-electron chi connectivity index (χ2n) is 6.78. The van der Waals surface area contributed by atoms with Gasteiger partial charge in [0.25, 0.3) is 0 Å². The molecular weight excluding hydrogens is 337 g/mol. The highest BCUT2D eigenvalue weighted by molar-refractivity contribution is 7.13. The zero-order valence-electron chi connectivity index (χ0n) is 14.5. The van der Waals surface area contributed by atoms with Gasteiger partial charge in [-0.2, -0.15) is 0 Å². The number of hydrogen-bond acceptors (Lipinski definition) is 4. The number of likely N-dealkylation sites (tertiary alicyclic amines) is 1. The lowest BCUT2D eigenvalue weighted by Gasteiger charge is -2.29. The largest absolute Gasteiger partial charge is 0.302 e. The van der Waals surface area contributed by atoms with Gasteiger partial charge in [-0.25, -0.2) is 9.37 Å². The molecule has 4 nitrogen and oxygen atoms in total. The fourth-order valence-electron chi connectivity index (χ4n) is 3.02. The van der Waals surface area contributed by atoms with Gasteiger partial charge in [-0.1, -0.05) is 19.1 Å². The first kappa shape index (κ1) is 18.0. The summed E-state index contributed by atoms with van der Waals surface area (Å²) in [5.41, 5.74) is 1.84.